The monoisotopic (exact) mass is 633 g/mol. The Bertz CT molecular complexity index is 1400. The van der Waals surface area contributed by atoms with Crippen LogP contribution in [0.5, 0.6) is 5.75 Å². The van der Waals surface area contributed by atoms with Crippen LogP contribution in [0.4, 0.5) is 30.6 Å². The number of sulfonamides is 1. The lowest BCUT2D eigenvalue weighted by Crippen LogP contribution is -2.44. The first kappa shape index (κ1) is 32.0. The van der Waals surface area contributed by atoms with Gasteiger partial charge in [0.2, 0.25) is 16.0 Å². The number of amides is 1. The van der Waals surface area contributed by atoms with Gasteiger partial charge in [-0.15, -0.1) is 0 Å². The molecule has 4 rings (SSSR count). The molecule has 16 heteroatoms. The Morgan fingerprint density at radius 1 is 1.19 bits per heavy atom. The van der Waals surface area contributed by atoms with Gasteiger partial charge in [0.25, 0.3) is 5.91 Å². The predicted molar refractivity (Wildman–Crippen MR) is 154 cm³/mol. The van der Waals surface area contributed by atoms with E-state index in [-0.39, 0.29) is 39.9 Å². The number of rotatable bonds is 9. The van der Waals surface area contributed by atoms with Crippen LogP contribution in [0.25, 0.3) is 0 Å². The van der Waals surface area contributed by atoms with Gasteiger partial charge in [0.15, 0.2) is 0 Å². The van der Waals surface area contributed by atoms with E-state index in [9.17, 15) is 26.4 Å². The number of hydrogen-bond acceptors (Lipinski definition) is 9. The zero-order valence-corrected chi connectivity index (χ0v) is 25.3. The van der Waals surface area contributed by atoms with E-state index in [1.807, 2.05) is 7.05 Å². The molecule has 11 nitrogen and oxygen atoms in total. The molecule has 232 valence electrons. The molecule has 1 aromatic carbocycles. The molecule has 1 aliphatic heterocycles. The number of methoxy groups -OCH3 is 1. The van der Waals surface area contributed by atoms with Crippen molar-refractivity contribution >= 4 is 45.0 Å². The summed E-state index contributed by atoms with van der Waals surface area (Å²) in [5, 5.41) is 8.75. The van der Waals surface area contributed by atoms with E-state index in [1.165, 1.54) is 30.6 Å². The fourth-order valence-corrected chi connectivity index (χ4v) is 6.25. The van der Waals surface area contributed by atoms with Gasteiger partial charge in [0.1, 0.15) is 17.1 Å². The van der Waals surface area contributed by atoms with Crippen LogP contribution in [0, 0.1) is 0 Å². The molecule has 1 aromatic heterocycles. The number of nitrogens with zero attached hydrogens (tertiary/aromatic N) is 4. The second-order valence-electron chi connectivity index (χ2n) is 10.7. The number of anilines is 3. The molecule has 2 aliphatic rings. The molecule has 42 heavy (non-hydrogen) atoms. The minimum Gasteiger partial charge on any atom is -0.495 e. The summed E-state index contributed by atoms with van der Waals surface area (Å²) in [5.74, 6) is -0.828. The number of likely N-dealkylation sites (tertiary alicyclic amines) is 1. The molecule has 2 heterocycles. The summed E-state index contributed by atoms with van der Waals surface area (Å²) >= 11 is 6.45. The van der Waals surface area contributed by atoms with Gasteiger partial charge < -0.3 is 25.6 Å². The predicted octanol–water partition coefficient (Wildman–Crippen LogP) is 3.95. The van der Waals surface area contributed by atoms with Crippen LogP contribution in [-0.4, -0.2) is 92.2 Å². The molecule has 1 aliphatic carbocycles. The van der Waals surface area contributed by atoms with Crippen LogP contribution >= 0.6 is 11.6 Å². The number of hydrogen-bond donors (Lipinski definition) is 3. The summed E-state index contributed by atoms with van der Waals surface area (Å²) < 4.78 is 72.4. The second-order valence-corrected chi connectivity index (χ2v) is 13.1. The van der Waals surface area contributed by atoms with Gasteiger partial charge in [-0.2, -0.15) is 18.2 Å². The highest BCUT2D eigenvalue weighted by Gasteiger charge is 2.39. The lowest BCUT2D eigenvalue weighted by atomic mass is 10.0. The normalized spacial score (nSPS) is 20.5. The van der Waals surface area contributed by atoms with Gasteiger partial charge in [0.05, 0.1) is 29.6 Å². The number of halogens is 4. The molecule has 2 atom stereocenters. The number of likely N-dealkylation sites (N-methyl/N-ethyl adjacent to an activating group) is 1. The molecule has 0 spiro atoms. The van der Waals surface area contributed by atoms with Crippen LogP contribution in [-0.2, 0) is 16.2 Å². The third kappa shape index (κ3) is 7.54. The van der Waals surface area contributed by atoms with Crippen LogP contribution in [0.3, 0.4) is 0 Å². The highest BCUT2D eigenvalue weighted by atomic mass is 35.5. The zero-order chi connectivity index (χ0) is 30.8. The van der Waals surface area contributed by atoms with Crippen molar-refractivity contribution in [2.45, 2.75) is 56.4 Å². The summed E-state index contributed by atoms with van der Waals surface area (Å²) in [5.41, 5.74) is -0.665. The zero-order valence-electron chi connectivity index (χ0n) is 23.8. The number of benzene rings is 1. The molecule has 1 saturated heterocycles. The van der Waals surface area contributed by atoms with E-state index in [4.69, 9.17) is 16.3 Å². The molecule has 2 fully saturated rings. The van der Waals surface area contributed by atoms with Crippen molar-refractivity contribution in [2.75, 3.05) is 51.2 Å². The van der Waals surface area contributed by atoms with Crippen LogP contribution in [0.1, 0.15) is 48.0 Å². The molecule has 3 N–H and O–H groups in total. The summed E-state index contributed by atoms with van der Waals surface area (Å²) in [4.78, 5) is 23.1. The number of nitrogens with one attached hydrogen (secondary N) is 3. The average molecular weight is 634 g/mol. The number of piperidine rings is 1. The Morgan fingerprint density at radius 3 is 2.50 bits per heavy atom. The first-order chi connectivity index (χ1) is 19.7. The summed E-state index contributed by atoms with van der Waals surface area (Å²) in [6, 6.07) is 1.74. The summed E-state index contributed by atoms with van der Waals surface area (Å²) in [7, 11) is 1.25. The second kappa shape index (κ2) is 12.8. The Kier molecular flexibility index (Phi) is 9.75. The molecule has 0 radical (unpaired) electrons. The first-order valence-corrected chi connectivity index (χ1v) is 15.7. The van der Waals surface area contributed by atoms with Crippen LogP contribution in [0.2, 0.25) is 5.02 Å². The lowest BCUT2D eigenvalue weighted by molar-refractivity contribution is -0.137. The maximum Gasteiger partial charge on any atom is 0.421 e. The van der Waals surface area contributed by atoms with Crippen LogP contribution in [0.15, 0.2) is 18.3 Å². The van der Waals surface area contributed by atoms with Crippen molar-refractivity contribution in [3.05, 3.63) is 34.5 Å². The first-order valence-electron chi connectivity index (χ1n) is 13.4. The van der Waals surface area contributed by atoms with E-state index in [1.54, 1.807) is 0 Å². The van der Waals surface area contributed by atoms with Crippen molar-refractivity contribution < 1.29 is 31.1 Å². The standard InChI is InChI=1S/C26H35ClF3N7O4S/c1-36-10-8-15(9-11-36)32-24(38)16-12-22(41-3)20(13-18(16)27)34-25-31-14-17(26(28,29)30)23(35-25)33-19-6-5-7-21(19)37(2)42(4,39)40/h12-15,19,21H,5-11H2,1-4H3,(H,32,38)(H2,31,33,34,35)/t19-,21-/m1/s1. The molecular formula is C26H35ClF3N7O4S. The van der Waals surface area contributed by atoms with Gasteiger partial charge in [0, 0.05) is 31.4 Å². The highest BCUT2D eigenvalue weighted by molar-refractivity contribution is 7.88. The van der Waals surface area contributed by atoms with E-state index >= 15 is 0 Å². The molecule has 1 amide bonds. The fraction of sp³-hybridized carbons (Fsp3) is 0.577. The Balaban J connectivity index is 1.58. The minimum atomic E-state index is -4.76. The molecule has 1 saturated carbocycles. The topological polar surface area (TPSA) is 129 Å². The largest absolute Gasteiger partial charge is 0.495 e. The van der Waals surface area contributed by atoms with Gasteiger partial charge in [-0.05, 0) is 64.4 Å². The molecule has 2 aromatic rings. The smallest absolute Gasteiger partial charge is 0.421 e. The van der Waals surface area contributed by atoms with Crippen molar-refractivity contribution in [3.63, 3.8) is 0 Å². The van der Waals surface area contributed by atoms with E-state index in [2.05, 4.69) is 30.8 Å². The number of ether oxygens (including phenoxy) is 1. The molecule has 0 bridgehead atoms. The van der Waals surface area contributed by atoms with E-state index < -0.39 is 39.7 Å². The third-order valence-corrected chi connectivity index (χ3v) is 9.35. The Morgan fingerprint density at radius 2 is 1.88 bits per heavy atom. The lowest BCUT2D eigenvalue weighted by Gasteiger charge is -2.29. The number of carbonyl (C=O) groups excluding carboxylic acids is 1. The maximum atomic E-state index is 13.9. The SMILES string of the molecule is COc1cc(C(=O)NC2CCN(C)CC2)c(Cl)cc1Nc1ncc(C(F)(F)F)c(N[C@@H]2CCC[C@H]2N(C)S(C)(=O)=O)n1. The Labute approximate surface area is 248 Å². The average Bonchev–Trinajstić information content (AvgIpc) is 3.36. The third-order valence-electron chi connectivity index (χ3n) is 7.72. The maximum absolute atomic E-state index is 13.9. The van der Waals surface area contributed by atoms with E-state index in [0.29, 0.717) is 25.5 Å². The molecular weight excluding hydrogens is 599 g/mol. The van der Waals surface area contributed by atoms with Gasteiger partial charge in [-0.25, -0.2) is 17.7 Å². The quantitative estimate of drug-likeness (QED) is 0.376. The van der Waals surface area contributed by atoms with Crippen molar-refractivity contribution in [3.8, 4) is 5.75 Å². The van der Waals surface area contributed by atoms with Crippen LogP contribution < -0.4 is 20.7 Å². The van der Waals surface area contributed by atoms with Crippen molar-refractivity contribution in [1.82, 2.24) is 24.5 Å². The number of alkyl halides is 3. The number of carbonyl (C=O) groups is 1. The van der Waals surface area contributed by atoms with Crippen molar-refractivity contribution in [1.29, 1.82) is 0 Å². The van der Waals surface area contributed by atoms with Crippen molar-refractivity contribution in [2.24, 2.45) is 0 Å². The molecule has 0 unspecified atom stereocenters. The fourth-order valence-electron chi connectivity index (χ4n) is 5.26. The summed E-state index contributed by atoms with van der Waals surface area (Å²) in [6.07, 6.45) is 0.145. The summed E-state index contributed by atoms with van der Waals surface area (Å²) in [6.45, 7) is 1.73. The number of aromatic nitrogens is 2. The van der Waals surface area contributed by atoms with E-state index in [0.717, 1.165) is 32.2 Å². The minimum absolute atomic E-state index is 0.0109. The van der Waals surface area contributed by atoms with Gasteiger partial charge in [-0.1, -0.05) is 11.6 Å². The Hall–Kier alpha value is -2.88. The van der Waals surface area contributed by atoms with Gasteiger partial charge >= 0.3 is 6.18 Å². The highest BCUT2D eigenvalue weighted by Crippen LogP contribution is 2.38. The van der Waals surface area contributed by atoms with Gasteiger partial charge in [-0.3, -0.25) is 4.79 Å².